The summed E-state index contributed by atoms with van der Waals surface area (Å²) in [6.07, 6.45) is 2.16. The number of carboxylic acids is 1. The molecular weight excluding hydrogens is 248 g/mol. The van der Waals surface area contributed by atoms with Gasteiger partial charge in [0.25, 0.3) is 0 Å². The molecule has 2 aliphatic rings. The average Bonchev–Trinajstić information content (AvgIpc) is 2.64. The van der Waals surface area contributed by atoms with Crippen LogP contribution in [0.5, 0.6) is 0 Å². The van der Waals surface area contributed by atoms with Crippen LogP contribution < -0.4 is 0 Å². The Morgan fingerprint density at radius 2 is 2.16 bits per heavy atom. The Labute approximate surface area is 112 Å². The van der Waals surface area contributed by atoms with Crippen molar-refractivity contribution in [1.82, 2.24) is 9.80 Å². The van der Waals surface area contributed by atoms with Crippen LogP contribution in [-0.2, 0) is 14.4 Å². The zero-order chi connectivity index (χ0) is 14.0. The lowest BCUT2D eigenvalue weighted by Crippen LogP contribution is -2.47. The summed E-state index contributed by atoms with van der Waals surface area (Å²) >= 11 is 0. The molecule has 19 heavy (non-hydrogen) atoms. The van der Waals surface area contributed by atoms with Crippen molar-refractivity contribution in [2.75, 3.05) is 19.6 Å². The molecular formula is C13H20N2O4. The molecule has 2 saturated heterocycles. The summed E-state index contributed by atoms with van der Waals surface area (Å²) in [5.74, 6) is -0.943. The molecule has 0 spiro atoms. The third-order valence-electron chi connectivity index (χ3n) is 3.99. The topological polar surface area (TPSA) is 77.9 Å². The Kier molecular flexibility index (Phi) is 4.19. The number of rotatable bonds is 4. The Bertz CT molecular complexity index is 396. The maximum atomic E-state index is 12.1. The predicted molar refractivity (Wildman–Crippen MR) is 67.3 cm³/mol. The number of carboxylic acid groups (broad SMARTS) is 1. The van der Waals surface area contributed by atoms with Crippen molar-refractivity contribution in [3.05, 3.63) is 0 Å². The number of carbonyl (C=O) groups excluding carboxylic acids is 2. The third kappa shape index (κ3) is 2.94. The van der Waals surface area contributed by atoms with Crippen LogP contribution in [0, 0.1) is 5.92 Å². The third-order valence-corrected chi connectivity index (χ3v) is 3.99. The molecule has 106 valence electrons. The molecule has 2 aliphatic heterocycles. The second-order valence-electron chi connectivity index (χ2n) is 5.30. The van der Waals surface area contributed by atoms with Crippen LogP contribution in [0.2, 0.25) is 0 Å². The van der Waals surface area contributed by atoms with Crippen molar-refractivity contribution >= 4 is 17.8 Å². The maximum Gasteiger partial charge on any atom is 0.303 e. The lowest BCUT2D eigenvalue weighted by Gasteiger charge is -2.35. The molecule has 0 bridgehead atoms. The van der Waals surface area contributed by atoms with Gasteiger partial charge >= 0.3 is 5.97 Å². The van der Waals surface area contributed by atoms with Crippen LogP contribution >= 0.6 is 0 Å². The van der Waals surface area contributed by atoms with Crippen LogP contribution in [0.3, 0.4) is 0 Å². The minimum absolute atomic E-state index is 0.0878. The summed E-state index contributed by atoms with van der Waals surface area (Å²) < 4.78 is 0. The second-order valence-corrected chi connectivity index (χ2v) is 5.30. The smallest absolute Gasteiger partial charge is 0.303 e. The molecule has 0 aromatic rings. The lowest BCUT2D eigenvalue weighted by molar-refractivity contribution is -0.139. The molecule has 0 radical (unpaired) electrons. The fourth-order valence-corrected chi connectivity index (χ4v) is 3.08. The first kappa shape index (κ1) is 14.0. The fraction of sp³-hybridized carbons (Fsp3) is 0.769. The number of imide groups is 1. The molecule has 2 fully saturated rings. The maximum absolute atomic E-state index is 12.1. The number of hydrogen-bond acceptors (Lipinski definition) is 4. The van der Waals surface area contributed by atoms with E-state index in [0.29, 0.717) is 13.1 Å². The summed E-state index contributed by atoms with van der Waals surface area (Å²) in [6.45, 7) is 3.59. The van der Waals surface area contributed by atoms with Crippen LogP contribution in [0.25, 0.3) is 0 Å². The number of amides is 2. The Morgan fingerprint density at radius 3 is 2.74 bits per heavy atom. The first-order valence-electron chi connectivity index (χ1n) is 6.83. The van der Waals surface area contributed by atoms with E-state index in [-0.39, 0.29) is 36.6 Å². The van der Waals surface area contributed by atoms with Crippen LogP contribution in [0.1, 0.15) is 32.6 Å². The molecule has 0 aliphatic carbocycles. The first-order valence-corrected chi connectivity index (χ1v) is 6.83. The summed E-state index contributed by atoms with van der Waals surface area (Å²) in [5.41, 5.74) is 0. The predicted octanol–water partition coefficient (Wildman–Crippen LogP) is 0.320. The van der Waals surface area contributed by atoms with Gasteiger partial charge in [0, 0.05) is 19.5 Å². The quantitative estimate of drug-likeness (QED) is 0.743. The van der Waals surface area contributed by atoms with Gasteiger partial charge in [-0.05, 0) is 32.2 Å². The molecule has 6 heteroatoms. The van der Waals surface area contributed by atoms with E-state index < -0.39 is 5.97 Å². The molecule has 0 saturated carbocycles. The summed E-state index contributed by atoms with van der Waals surface area (Å²) in [6, 6.07) is -0.371. The van der Waals surface area contributed by atoms with Crippen molar-refractivity contribution in [1.29, 1.82) is 0 Å². The number of nitrogens with zero attached hydrogens (tertiary/aromatic N) is 2. The van der Waals surface area contributed by atoms with E-state index in [1.54, 1.807) is 6.92 Å². The summed E-state index contributed by atoms with van der Waals surface area (Å²) in [7, 11) is 0. The number of likely N-dealkylation sites (tertiary alicyclic amines) is 2. The highest BCUT2D eigenvalue weighted by Crippen LogP contribution is 2.26. The standard InChI is InChI=1S/C13H20N2O4/c1-2-15-11(16)7-10(13(15)19)14-5-3-4-9(8-14)6-12(17)18/h9-10H,2-8H2,1H3,(H,17,18). The van der Waals surface area contributed by atoms with Gasteiger partial charge in [-0.2, -0.15) is 0 Å². The van der Waals surface area contributed by atoms with E-state index in [1.165, 1.54) is 4.90 Å². The SMILES string of the molecule is CCN1C(=O)CC(N2CCCC(CC(=O)O)C2)C1=O. The van der Waals surface area contributed by atoms with E-state index >= 15 is 0 Å². The normalized spacial score (nSPS) is 29.0. The highest BCUT2D eigenvalue weighted by atomic mass is 16.4. The zero-order valence-corrected chi connectivity index (χ0v) is 11.2. The van der Waals surface area contributed by atoms with Crippen molar-refractivity contribution in [2.45, 2.75) is 38.6 Å². The van der Waals surface area contributed by atoms with Gasteiger partial charge in [-0.1, -0.05) is 0 Å². The molecule has 2 amide bonds. The monoisotopic (exact) mass is 268 g/mol. The average molecular weight is 268 g/mol. The van der Waals surface area contributed by atoms with Crippen molar-refractivity contribution in [3.8, 4) is 0 Å². The van der Waals surface area contributed by atoms with E-state index in [2.05, 4.69) is 0 Å². The molecule has 2 heterocycles. The molecule has 1 N–H and O–H groups in total. The minimum Gasteiger partial charge on any atom is -0.481 e. The Balaban J connectivity index is 2.00. The fourth-order valence-electron chi connectivity index (χ4n) is 3.08. The van der Waals surface area contributed by atoms with Gasteiger partial charge in [0.05, 0.1) is 12.5 Å². The van der Waals surface area contributed by atoms with Gasteiger partial charge in [0.15, 0.2) is 0 Å². The molecule has 2 rings (SSSR count). The molecule has 2 atom stereocenters. The van der Waals surface area contributed by atoms with Gasteiger partial charge in [-0.25, -0.2) is 0 Å². The molecule has 0 aromatic heterocycles. The van der Waals surface area contributed by atoms with Gasteiger partial charge in [0.1, 0.15) is 0 Å². The van der Waals surface area contributed by atoms with Crippen LogP contribution in [0.15, 0.2) is 0 Å². The number of piperidine rings is 1. The van der Waals surface area contributed by atoms with E-state index in [4.69, 9.17) is 5.11 Å². The second kappa shape index (κ2) is 5.69. The highest BCUT2D eigenvalue weighted by Gasteiger charge is 2.42. The van der Waals surface area contributed by atoms with Gasteiger partial charge in [0.2, 0.25) is 11.8 Å². The van der Waals surface area contributed by atoms with Crippen LogP contribution in [0.4, 0.5) is 0 Å². The summed E-state index contributed by atoms with van der Waals surface area (Å²) in [5, 5.41) is 8.84. The van der Waals surface area contributed by atoms with E-state index in [9.17, 15) is 14.4 Å². The number of carbonyl (C=O) groups is 3. The summed E-state index contributed by atoms with van der Waals surface area (Å²) in [4.78, 5) is 37.9. The number of aliphatic carboxylic acids is 1. The minimum atomic E-state index is -0.796. The van der Waals surface area contributed by atoms with Crippen LogP contribution in [-0.4, -0.2) is 58.4 Å². The van der Waals surface area contributed by atoms with Gasteiger partial charge in [-0.3, -0.25) is 24.2 Å². The molecule has 0 aromatic carbocycles. The number of hydrogen-bond donors (Lipinski definition) is 1. The van der Waals surface area contributed by atoms with Crippen molar-refractivity contribution in [2.24, 2.45) is 5.92 Å². The lowest BCUT2D eigenvalue weighted by atomic mass is 9.93. The first-order chi connectivity index (χ1) is 9.02. The highest BCUT2D eigenvalue weighted by molar-refractivity contribution is 6.05. The van der Waals surface area contributed by atoms with Crippen molar-refractivity contribution in [3.63, 3.8) is 0 Å². The van der Waals surface area contributed by atoms with Gasteiger partial charge in [-0.15, -0.1) is 0 Å². The van der Waals surface area contributed by atoms with Crippen molar-refractivity contribution < 1.29 is 19.5 Å². The Hall–Kier alpha value is -1.43. The molecule has 2 unspecified atom stereocenters. The molecule has 6 nitrogen and oxygen atoms in total. The van der Waals surface area contributed by atoms with Gasteiger partial charge < -0.3 is 5.11 Å². The van der Waals surface area contributed by atoms with E-state index in [1.807, 2.05) is 4.90 Å². The largest absolute Gasteiger partial charge is 0.481 e. The Morgan fingerprint density at radius 1 is 1.42 bits per heavy atom. The number of likely N-dealkylation sites (N-methyl/N-ethyl adjacent to an activating group) is 1. The zero-order valence-electron chi connectivity index (χ0n) is 11.2. The van der Waals surface area contributed by atoms with E-state index in [0.717, 1.165) is 19.4 Å².